The molecule has 0 saturated carbocycles. The minimum absolute atomic E-state index is 0.0306. The van der Waals surface area contributed by atoms with Crippen molar-refractivity contribution >= 4 is 5.91 Å². The van der Waals surface area contributed by atoms with Crippen LogP contribution in [-0.4, -0.2) is 22.9 Å². The molecule has 0 aromatic heterocycles. The molecule has 0 radical (unpaired) electrons. The monoisotopic (exact) mass is 193 g/mol. The van der Waals surface area contributed by atoms with E-state index in [4.69, 9.17) is 0 Å². The molecule has 1 saturated heterocycles. The summed E-state index contributed by atoms with van der Waals surface area (Å²) in [6, 6.07) is 0. The van der Waals surface area contributed by atoms with E-state index in [2.05, 4.69) is 20.1 Å². The zero-order valence-electron chi connectivity index (χ0n) is 9.18. The molecule has 78 valence electrons. The van der Waals surface area contributed by atoms with Crippen molar-refractivity contribution in [1.82, 2.24) is 4.90 Å². The summed E-state index contributed by atoms with van der Waals surface area (Å²) in [6.07, 6.45) is 4.29. The van der Waals surface area contributed by atoms with Crippen molar-refractivity contribution in [3.05, 3.63) is 24.8 Å². The van der Waals surface area contributed by atoms with Crippen molar-refractivity contribution in [3.8, 4) is 0 Å². The molecule has 0 aromatic rings. The first kappa shape index (κ1) is 11.0. The Morgan fingerprint density at radius 3 is 2.86 bits per heavy atom. The molecule has 1 aliphatic heterocycles. The summed E-state index contributed by atoms with van der Waals surface area (Å²) in [5.41, 5.74) is 1.10. The van der Waals surface area contributed by atoms with Gasteiger partial charge in [0, 0.05) is 18.5 Å². The van der Waals surface area contributed by atoms with E-state index in [1.807, 2.05) is 11.8 Å². The number of amides is 1. The lowest BCUT2D eigenvalue weighted by atomic mass is 9.91. The number of hydrogen-bond acceptors (Lipinski definition) is 1. The van der Waals surface area contributed by atoms with Gasteiger partial charge in [-0.15, -0.1) is 13.2 Å². The second-order valence-electron chi connectivity index (χ2n) is 4.42. The van der Waals surface area contributed by atoms with Crippen molar-refractivity contribution in [2.45, 2.75) is 38.6 Å². The first-order chi connectivity index (χ1) is 6.49. The Labute approximate surface area is 86.3 Å². The SMILES string of the molecule is C=CCN1C(=O)CCC1(C)CC(=C)C. The normalized spacial score (nSPS) is 26.7. The third kappa shape index (κ3) is 2.06. The fraction of sp³-hybridized carbons (Fsp3) is 0.583. The summed E-state index contributed by atoms with van der Waals surface area (Å²) in [5, 5.41) is 0. The van der Waals surface area contributed by atoms with Crippen LogP contribution in [0.2, 0.25) is 0 Å². The molecule has 1 amide bonds. The van der Waals surface area contributed by atoms with Crippen LogP contribution in [0.1, 0.15) is 33.1 Å². The fourth-order valence-corrected chi connectivity index (χ4v) is 2.23. The number of rotatable bonds is 4. The van der Waals surface area contributed by atoms with E-state index in [1.54, 1.807) is 6.08 Å². The van der Waals surface area contributed by atoms with Crippen molar-refractivity contribution in [2.75, 3.05) is 6.54 Å². The summed E-state index contributed by atoms with van der Waals surface area (Å²) < 4.78 is 0. The van der Waals surface area contributed by atoms with Gasteiger partial charge in [0.05, 0.1) is 0 Å². The maximum absolute atomic E-state index is 11.6. The predicted octanol–water partition coefficient (Wildman–Crippen LogP) is 2.52. The largest absolute Gasteiger partial charge is 0.333 e. The molecule has 14 heavy (non-hydrogen) atoms. The Morgan fingerprint density at radius 1 is 1.71 bits per heavy atom. The maximum atomic E-state index is 11.6. The van der Waals surface area contributed by atoms with Gasteiger partial charge in [-0.3, -0.25) is 4.79 Å². The van der Waals surface area contributed by atoms with E-state index in [0.717, 1.165) is 18.4 Å². The molecule has 2 nitrogen and oxygen atoms in total. The highest BCUT2D eigenvalue weighted by molar-refractivity contribution is 5.79. The van der Waals surface area contributed by atoms with E-state index >= 15 is 0 Å². The minimum Gasteiger partial charge on any atom is -0.333 e. The number of carbonyl (C=O) groups excluding carboxylic acids is 1. The molecule has 1 heterocycles. The van der Waals surface area contributed by atoms with Crippen LogP contribution in [0.3, 0.4) is 0 Å². The zero-order valence-corrected chi connectivity index (χ0v) is 9.18. The maximum Gasteiger partial charge on any atom is 0.223 e. The van der Waals surface area contributed by atoms with Crippen LogP contribution in [0.25, 0.3) is 0 Å². The third-order valence-electron chi connectivity index (χ3n) is 2.82. The Kier molecular flexibility index (Phi) is 3.14. The average Bonchev–Trinajstić information content (AvgIpc) is 2.32. The Balaban J connectivity index is 2.80. The molecule has 1 aliphatic rings. The first-order valence-corrected chi connectivity index (χ1v) is 5.05. The van der Waals surface area contributed by atoms with Gasteiger partial charge >= 0.3 is 0 Å². The molecule has 0 N–H and O–H groups in total. The van der Waals surface area contributed by atoms with Crippen molar-refractivity contribution in [3.63, 3.8) is 0 Å². The molecule has 1 fully saturated rings. The van der Waals surface area contributed by atoms with Gasteiger partial charge in [0.15, 0.2) is 0 Å². The van der Waals surface area contributed by atoms with Gasteiger partial charge in [-0.25, -0.2) is 0 Å². The minimum atomic E-state index is -0.0306. The van der Waals surface area contributed by atoms with E-state index < -0.39 is 0 Å². The van der Waals surface area contributed by atoms with E-state index in [9.17, 15) is 4.79 Å². The number of carbonyl (C=O) groups is 1. The second kappa shape index (κ2) is 3.99. The van der Waals surface area contributed by atoms with Crippen LogP contribution >= 0.6 is 0 Å². The Hall–Kier alpha value is -1.05. The number of likely N-dealkylation sites (tertiary alicyclic amines) is 1. The van der Waals surface area contributed by atoms with Crippen LogP contribution in [0.15, 0.2) is 24.8 Å². The van der Waals surface area contributed by atoms with Crippen LogP contribution in [-0.2, 0) is 4.79 Å². The summed E-state index contributed by atoms with van der Waals surface area (Å²) >= 11 is 0. The number of nitrogens with zero attached hydrogens (tertiary/aromatic N) is 1. The highest BCUT2D eigenvalue weighted by Crippen LogP contribution is 2.34. The summed E-state index contributed by atoms with van der Waals surface area (Å²) in [5.74, 6) is 0.244. The van der Waals surface area contributed by atoms with Crippen LogP contribution in [0.5, 0.6) is 0 Å². The molecular weight excluding hydrogens is 174 g/mol. The fourth-order valence-electron chi connectivity index (χ4n) is 2.23. The third-order valence-corrected chi connectivity index (χ3v) is 2.82. The average molecular weight is 193 g/mol. The van der Waals surface area contributed by atoms with Gasteiger partial charge in [0.2, 0.25) is 5.91 Å². The summed E-state index contributed by atoms with van der Waals surface area (Å²) in [7, 11) is 0. The highest BCUT2D eigenvalue weighted by Gasteiger charge is 2.40. The summed E-state index contributed by atoms with van der Waals surface area (Å²) in [4.78, 5) is 13.5. The predicted molar refractivity (Wildman–Crippen MR) is 59.0 cm³/mol. The standard InChI is InChI=1S/C12H19NO/c1-5-8-13-11(14)6-7-12(13,4)9-10(2)3/h5H,1-2,6-9H2,3-4H3. The van der Waals surface area contributed by atoms with E-state index in [1.165, 1.54) is 0 Å². The van der Waals surface area contributed by atoms with Gasteiger partial charge in [-0.1, -0.05) is 11.6 Å². The summed E-state index contributed by atoms with van der Waals surface area (Å²) in [6.45, 7) is 12.4. The van der Waals surface area contributed by atoms with Crippen LogP contribution in [0.4, 0.5) is 0 Å². The van der Waals surface area contributed by atoms with Crippen molar-refractivity contribution < 1.29 is 4.79 Å². The van der Waals surface area contributed by atoms with Crippen LogP contribution in [0, 0.1) is 0 Å². The molecule has 0 spiro atoms. The Bertz CT molecular complexity index is 269. The van der Waals surface area contributed by atoms with E-state index in [0.29, 0.717) is 13.0 Å². The van der Waals surface area contributed by atoms with E-state index in [-0.39, 0.29) is 11.4 Å². The quantitative estimate of drug-likeness (QED) is 0.628. The second-order valence-corrected chi connectivity index (χ2v) is 4.42. The van der Waals surface area contributed by atoms with Crippen molar-refractivity contribution in [2.24, 2.45) is 0 Å². The van der Waals surface area contributed by atoms with Crippen LogP contribution < -0.4 is 0 Å². The Morgan fingerprint density at radius 2 is 2.36 bits per heavy atom. The topological polar surface area (TPSA) is 20.3 Å². The molecule has 0 aromatic carbocycles. The number of hydrogen-bond donors (Lipinski definition) is 0. The molecule has 1 unspecified atom stereocenters. The van der Waals surface area contributed by atoms with Gasteiger partial charge in [-0.2, -0.15) is 0 Å². The first-order valence-electron chi connectivity index (χ1n) is 5.05. The lowest BCUT2D eigenvalue weighted by Crippen LogP contribution is -2.43. The lowest BCUT2D eigenvalue weighted by Gasteiger charge is -2.35. The molecular formula is C12H19NO. The molecule has 1 atom stereocenters. The van der Waals surface area contributed by atoms with Gasteiger partial charge in [-0.05, 0) is 26.7 Å². The van der Waals surface area contributed by atoms with Gasteiger partial charge in [0.1, 0.15) is 0 Å². The van der Waals surface area contributed by atoms with Gasteiger partial charge in [0.25, 0.3) is 0 Å². The lowest BCUT2D eigenvalue weighted by molar-refractivity contribution is -0.130. The molecule has 1 rings (SSSR count). The highest BCUT2D eigenvalue weighted by atomic mass is 16.2. The van der Waals surface area contributed by atoms with Gasteiger partial charge < -0.3 is 4.90 Å². The smallest absolute Gasteiger partial charge is 0.223 e. The van der Waals surface area contributed by atoms with Crippen molar-refractivity contribution in [1.29, 1.82) is 0 Å². The molecule has 0 aliphatic carbocycles. The molecule has 0 bridgehead atoms. The zero-order chi connectivity index (χ0) is 10.8. The molecule has 2 heteroatoms.